The fourth-order valence-corrected chi connectivity index (χ4v) is 3.88. The Labute approximate surface area is 152 Å². The van der Waals surface area contributed by atoms with Gasteiger partial charge < -0.3 is 20.1 Å². The Kier molecular flexibility index (Phi) is 4.75. The topological polar surface area (TPSA) is 74.7 Å². The maximum absolute atomic E-state index is 12.7. The van der Waals surface area contributed by atoms with Gasteiger partial charge in [0.25, 0.3) is 0 Å². The molecule has 0 spiro atoms. The molecule has 1 aliphatic carbocycles. The van der Waals surface area contributed by atoms with Crippen LogP contribution in [0.5, 0.6) is 5.75 Å². The summed E-state index contributed by atoms with van der Waals surface area (Å²) in [4.78, 5) is 18.7. The largest absolute Gasteiger partial charge is 0.485 e. The summed E-state index contributed by atoms with van der Waals surface area (Å²) in [6.45, 7) is 1.56. The minimum atomic E-state index is -0.256. The molecule has 6 heteroatoms. The molecule has 1 unspecified atom stereocenters. The third-order valence-corrected chi connectivity index (χ3v) is 5.30. The van der Waals surface area contributed by atoms with Crippen molar-refractivity contribution < 1.29 is 14.6 Å². The first-order valence-corrected chi connectivity index (χ1v) is 9.06. The average Bonchev–Trinajstić information content (AvgIpc) is 2.88. The summed E-state index contributed by atoms with van der Waals surface area (Å²) in [7, 11) is 0. The third-order valence-electron chi connectivity index (χ3n) is 5.30. The van der Waals surface area contributed by atoms with E-state index in [1.165, 1.54) is 0 Å². The molecule has 2 fully saturated rings. The van der Waals surface area contributed by atoms with Crippen LogP contribution in [-0.4, -0.2) is 40.2 Å². The molecule has 2 N–H and O–H groups in total. The summed E-state index contributed by atoms with van der Waals surface area (Å²) in [6, 6.07) is 13.0. The lowest BCUT2D eigenvalue weighted by Crippen LogP contribution is -2.48. The van der Waals surface area contributed by atoms with Crippen molar-refractivity contribution in [2.45, 2.75) is 25.6 Å². The summed E-state index contributed by atoms with van der Waals surface area (Å²) in [5.74, 6) is 1.02. The number of piperidine rings is 1. The molecule has 1 aliphatic heterocycles. The van der Waals surface area contributed by atoms with Crippen molar-refractivity contribution in [2.24, 2.45) is 11.8 Å². The SMILES string of the molecule is O=C(Nc1ccccc1OCc1ccccn1)N1C[C@H]2CC[C@@H](C1)C2O. The normalized spacial score (nSPS) is 24.3. The number of aliphatic hydroxyl groups excluding tert-OH is 1. The molecule has 26 heavy (non-hydrogen) atoms. The van der Waals surface area contributed by atoms with Gasteiger partial charge in [0.2, 0.25) is 0 Å². The summed E-state index contributed by atoms with van der Waals surface area (Å²) < 4.78 is 5.85. The number of aromatic nitrogens is 1. The number of aliphatic hydroxyl groups is 1. The van der Waals surface area contributed by atoms with Crippen LogP contribution in [0, 0.1) is 11.8 Å². The molecule has 136 valence electrons. The second-order valence-electron chi connectivity index (χ2n) is 7.03. The van der Waals surface area contributed by atoms with E-state index in [-0.39, 0.29) is 24.0 Å². The maximum atomic E-state index is 12.7. The molecule has 0 radical (unpaired) electrons. The van der Waals surface area contributed by atoms with Gasteiger partial charge in [0.1, 0.15) is 12.4 Å². The van der Waals surface area contributed by atoms with E-state index in [9.17, 15) is 9.90 Å². The lowest BCUT2D eigenvalue weighted by molar-refractivity contribution is 0.0326. The van der Waals surface area contributed by atoms with Gasteiger partial charge >= 0.3 is 6.03 Å². The minimum absolute atomic E-state index is 0.136. The van der Waals surface area contributed by atoms with Crippen LogP contribution in [0.3, 0.4) is 0 Å². The van der Waals surface area contributed by atoms with Crippen LogP contribution in [-0.2, 0) is 6.61 Å². The van der Waals surface area contributed by atoms with Gasteiger partial charge in [-0.2, -0.15) is 0 Å². The Bertz CT molecular complexity index is 754. The van der Waals surface area contributed by atoms with Gasteiger partial charge in [-0.15, -0.1) is 0 Å². The van der Waals surface area contributed by atoms with Crippen molar-refractivity contribution in [3.05, 3.63) is 54.4 Å². The number of hydrogen-bond acceptors (Lipinski definition) is 4. The first-order valence-electron chi connectivity index (χ1n) is 9.06. The average molecular weight is 353 g/mol. The van der Waals surface area contributed by atoms with Gasteiger partial charge in [-0.05, 0) is 37.1 Å². The van der Waals surface area contributed by atoms with E-state index in [0.29, 0.717) is 31.1 Å². The number of benzene rings is 1. The predicted molar refractivity (Wildman–Crippen MR) is 97.8 cm³/mol. The quantitative estimate of drug-likeness (QED) is 0.886. The molecule has 2 bridgehead atoms. The zero-order chi connectivity index (χ0) is 17.9. The summed E-state index contributed by atoms with van der Waals surface area (Å²) in [6.07, 6.45) is 3.47. The number of anilines is 1. The third kappa shape index (κ3) is 3.51. The van der Waals surface area contributed by atoms with Crippen molar-refractivity contribution in [3.8, 4) is 5.75 Å². The van der Waals surface area contributed by atoms with Crippen molar-refractivity contribution in [2.75, 3.05) is 18.4 Å². The highest BCUT2D eigenvalue weighted by Gasteiger charge is 2.42. The lowest BCUT2D eigenvalue weighted by atomic mass is 9.95. The zero-order valence-corrected chi connectivity index (χ0v) is 14.5. The monoisotopic (exact) mass is 353 g/mol. The van der Waals surface area contributed by atoms with Gasteiger partial charge in [-0.3, -0.25) is 4.98 Å². The number of rotatable bonds is 4. The van der Waals surface area contributed by atoms with Crippen LogP contribution in [0.4, 0.5) is 10.5 Å². The highest BCUT2D eigenvalue weighted by molar-refractivity contribution is 5.91. The molecule has 2 heterocycles. The molecule has 4 rings (SSSR count). The standard InChI is InChI=1S/C20H23N3O3/c24-19-14-8-9-15(19)12-23(11-14)20(25)22-17-6-1-2-7-18(17)26-13-16-5-3-4-10-21-16/h1-7,10,14-15,19,24H,8-9,11-13H2,(H,22,25)/t14-,15+,19?. The van der Waals surface area contributed by atoms with Gasteiger partial charge in [0.15, 0.2) is 0 Å². The number of nitrogens with one attached hydrogen (secondary N) is 1. The molecular weight excluding hydrogens is 330 g/mol. The Morgan fingerprint density at radius 2 is 1.88 bits per heavy atom. The number of likely N-dealkylation sites (tertiary alicyclic amines) is 1. The van der Waals surface area contributed by atoms with Crippen molar-refractivity contribution in [3.63, 3.8) is 0 Å². The molecule has 1 aromatic carbocycles. The summed E-state index contributed by atoms with van der Waals surface area (Å²) in [5.41, 5.74) is 1.47. The Morgan fingerprint density at radius 3 is 2.62 bits per heavy atom. The second-order valence-corrected chi connectivity index (χ2v) is 7.03. The van der Waals surface area contributed by atoms with Gasteiger partial charge in [-0.25, -0.2) is 4.79 Å². The number of urea groups is 1. The van der Waals surface area contributed by atoms with E-state index >= 15 is 0 Å². The van der Waals surface area contributed by atoms with E-state index < -0.39 is 0 Å². The molecule has 1 saturated carbocycles. The van der Waals surface area contributed by atoms with E-state index in [0.717, 1.165) is 18.5 Å². The van der Waals surface area contributed by atoms with Crippen molar-refractivity contribution in [1.29, 1.82) is 0 Å². The number of carbonyl (C=O) groups excluding carboxylic acids is 1. The van der Waals surface area contributed by atoms with Crippen LogP contribution in [0.25, 0.3) is 0 Å². The predicted octanol–water partition coefficient (Wildman–Crippen LogP) is 2.90. The van der Waals surface area contributed by atoms with Gasteiger partial charge in [-0.1, -0.05) is 18.2 Å². The van der Waals surface area contributed by atoms with Crippen LogP contribution in [0.1, 0.15) is 18.5 Å². The number of amides is 2. The number of pyridine rings is 1. The fraction of sp³-hybridized carbons (Fsp3) is 0.400. The molecule has 6 nitrogen and oxygen atoms in total. The van der Waals surface area contributed by atoms with E-state index in [2.05, 4.69) is 10.3 Å². The van der Waals surface area contributed by atoms with Crippen LogP contribution in [0.15, 0.2) is 48.7 Å². The first kappa shape index (κ1) is 16.8. The molecule has 1 saturated heterocycles. The number of nitrogens with zero attached hydrogens (tertiary/aromatic N) is 2. The van der Waals surface area contributed by atoms with Crippen LogP contribution in [0.2, 0.25) is 0 Å². The van der Waals surface area contributed by atoms with Crippen molar-refractivity contribution >= 4 is 11.7 Å². The minimum Gasteiger partial charge on any atom is -0.485 e. The zero-order valence-electron chi connectivity index (χ0n) is 14.5. The maximum Gasteiger partial charge on any atom is 0.321 e. The summed E-state index contributed by atoms with van der Waals surface area (Å²) >= 11 is 0. The molecule has 2 aromatic rings. The highest BCUT2D eigenvalue weighted by atomic mass is 16.5. The number of fused-ring (bicyclic) bond motifs is 2. The van der Waals surface area contributed by atoms with E-state index in [1.54, 1.807) is 6.20 Å². The smallest absolute Gasteiger partial charge is 0.321 e. The number of hydrogen-bond donors (Lipinski definition) is 2. The Hall–Kier alpha value is -2.60. The highest BCUT2D eigenvalue weighted by Crippen LogP contribution is 2.37. The molecule has 3 atom stereocenters. The van der Waals surface area contributed by atoms with Gasteiger partial charge in [0, 0.05) is 31.1 Å². The first-order chi connectivity index (χ1) is 12.7. The van der Waals surface area contributed by atoms with E-state index in [4.69, 9.17) is 4.74 Å². The second kappa shape index (κ2) is 7.33. The van der Waals surface area contributed by atoms with Crippen LogP contribution >= 0.6 is 0 Å². The van der Waals surface area contributed by atoms with E-state index in [1.807, 2.05) is 47.4 Å². The number of carbonyl (C=O) groups is 1. The van der Waals surface area contributed by atoms with Crippen molar-refractivity contribution in [1.82, 2.24) is 9.88 Å². The molecule has 2 aliphatic rings. The number of para-hydroxylation sites is 2. The Balaban J connectivity index is 1.41. The van der Waals surface area contributed by atoms with Gasteiger partial charge in [0.05, 0.1) is 17.5 Å². The lowest BCUT2D eigenvalue weighted by Gasteiger charge is -2.35. The molecule has 1 aromatic heterocycles. The molecule has 2 amide bonds. The summed E-state index contributed by atoms with van der Waals surface area (Å²) in [5, 5.41) is 13.1. The molecular formula is C20H23N3O3. The van der Waals surface area contributed by atoms with Crippen LogP contribution < -0.4 is 10.1 Å². The Morgan fingerprint density at radius 1 is 1.15 bits per heavy atom. The number of ether oxygens (including phenoxy) is 1. The fourth-order valence-electron chi connectivity index (χ4n) is 3.88.